The molecule has 0 amide bonds. The maximum Gasteiger partial charge on any atom is 0.207 e. The zero-order chi connectivity index (χ0) is 14.5. The summed E-state index contributed by atoms with van der Waals surface area (Å²) < 4.78 is 7.11. The van der Waals surface area contributed by atoms with Crippen LogP contribution in [0.3, 0.4) is 0 Å². The SMILES string of the molecule is COCCCn1cc(C)nc1Nc1c(Cl)cccc1Cl. The molecule has 0 aliphatic heterocycles. The van der Waals surface area contributed by atoms with Gasteiger partial charge in [0.2, 0.25) is 5.95 Å². The summed E-state index contributed by atoms with van der Waals surface area (Å²) in [6.07, 6.45) is 2.90. The molecule has 1 N–H and O–H groups in total. The Balaban J connectivity index is 2.20. The Labute approximate surface area is 128 Å². The molecule has 0 saturated heterocycles. The smallest absolute Gasteiger partial charge is 0.207 e. The predicted molar refractivity (Wildman–Crippen MR) is 83.2 cm³/mol. The van der Waals surface area contributed by atoms with Crippen LogP contribution in [-0.2, 0) is 11.3 Å². The second-order valence-electron chi connectivity index (χ2n) is 4.47. The van der Waals surface area contributed by atoms with Crippen molar-refractivity contribution in [1.82, 2.24) is 9.55 Å². The molecule has 20 heavy (non-hydrogen) atoms. The number of halogens is 2. The molecule has 108 valence electrons. The van der Waals surface area contributed by atoms with Gasteiger partial charge < -0.3 is 14.6 Å². The highest BCUT2D eigenvalue weighted by molar-refractivity contribution is 6.39. The lowest BCUT2D eigenvalue weighted by molar-refractivity contribution is 0.190. The van der Waals surface area contributed by atoms with Crippen molar-refractivity contribution in [2.45, 2.75) is 19.9 Å². The molecule has 1 heterocycles. The summed E-state index contributed by atoms with van der Waals surface area (Å²) in [5, 5.41) is 4.35. The van der Waals surface area contributed by atoms with Crippen molar-refractivity contribution in [1.29, 1.82) is 0 Å². The molecule has 0 atom stereocenters. The van der Waals surface area contributed by atoms with Crippen LogP contribution >= 0.6 is 23.2 Å². The van der Waals surface area contributed by atoms with E-state index in [9.17, 15) is 0 Å². The van der Waals surface area contributed by atoms with Crippen LogP contribution in [0.15, 0.2) is 24.4 Å². The first-order valence-corrected chi connectivity index (χ1v) is 7.11. The Morgan fingerprint density at radius 1 is 1.30 bits per heavy atom. The third kappa shape index (κ3) is 3.66. The lowest BCUT2D eigenvalue weighted by Gasteiger charge is -2.12. The van der Waals surface area contributed by atoms with Crippen LogP contribution in [0.2, 0.25) is 10.0 Å². The van der Waals surface area contributed by atoms with Crippen LogP contribution in [0.25, 0.3) is 0 Å². The summed E-state index contributed by atoms with van der Waals surface area (Å²) in [4.78, 5) is 4.46. The summed E-state index contributed by atoms with van der Waals surface area (Å²) in [6, 6.07) is 5.40. The first-order valence-electron chi connectivity index (χ1n) is 6.35. The molecule has 2 rings (SSSR count). The van der Waals surface area contributed by atoms with Gasteiger partial charge in [0.15, 0.2) is 0 Å². The molecule has 1 aromatic heterocycles. The van der Waals surface area contributed by atoms with Gasteiger partial charge in [-0.1, -0.05) is 29.3 Å². The van der Waals surface area contributed by atoms with Gasteiger partial charge in [-0.3, -0.25) is 0 Å². The summed E-state index contributed by atoms with van der Waals surface area (Å²) >= 11 is 12.3. The number of aryl methyl sites for hydroxylation is 2. The lowest BCUT2D eigenvalue weighted by atomic mass is 10.3. The summed E-state index contributed by atoms with van der Waals surface area (Å²) in [7, 11) is 1.70. The number of hydrogen-bond acceptors (Lipinski definition) is 3. The Morgan fingerprint density at radius 2 is 2.00 bits per heavy atom. The van der Waals surface area contributed by atoms with E-state index in [0.717, 1.165) is 24.6 Å². The molecule has 0 spiro atoms. The van der Waals surface area contributed by atoms with Gasteiger partial charge in [0.05, 0.1) is 21.4 Å². The number of imidazole rings is 1. The van der Waals surface area contributed by atoms with E-state index in [4.69, 9.17) is 27.9 Å². The monoisotopic (exact) mass is 313 g/mol. The van der Waals surface area contributed by atoms with E-state index in [1.165, 1.54) is 0 Å². The third-order valence-corrected chi connectivity index (χ3v) is 3.47. The van der Waals surface area contributed by atoms with E-state index in [2.05, 4.69) is 10.3 Å². The van der Waals surface area contributed by atoms with E-state index in [-0.39, 0.29) is 0 Å². The number of rotatable bonds is 6. The van der Waals surface area contributed by atoms with E-state index in [1.54, 1.807) is 19.2 Å². The number of nitrogens with one attached hydrogen (secondary N) is 1. The second-order valence-corrected chi connectivity index (χ2v) is 5.28. The molecule has 0 radical (unpaired) electrons. The lowest BCUT2D eigenvalue weighted by Crippen LogP contribution is -2.05. The molecule has 0 bridgehead atoms. The standard InChI is InChI=1S/C14H17Cl2N3O/c1-10-9-19(7-4-8-20-2)14(17-10)18-13-11(15)5-3-6-12(13)16/h3,5-6,9H,4,7-8H2,1-2H3,(H,17,18). The van der Waals surface area contributed by atoms with Crippen LogP contribution in [0, 0.1) is 6.92 Å². The second kappa shape index (κ2) is 6.97. The Kier molecular flexibility index (Phi) is 5.29. The molecule has 1 aromatic carbocycles. The number of aromatic nitrogens is 2. The highest BCUT2D eigenvalue weighted by Crippen LogP contribution is 2.32. The van der Waals surface area contributed by atoms with Gasteiger partial charge in [-0.25, -0.2) is 4.98 Å². The Hall–Kier alpha value is -1.23. The van der Waals surface area contributed by atoms with Crippen LogP contribution in [0.5, 0.6) is 0 Å². The zero-order valence-electron chi connectivity index (χ0n) is 11.5. The van der Waals surface area contributed by atoms with E-state index < -0.39 is 0 Å². The molecule has 4 nitrogen and oxygen atoms in total. The molecule has 0 unspecified atom stereocenters. The van der Waals surface area contributed by atoms with Crippen molar-refractivity contribution in [2.24, 2.45) is 0 Å². The van der Waals surface area contributed by atoms with Crippen LogP contribution in [0.1, 0.15) is 12.1 Å². The molecule has 0 aliphatic rings. The van der Waals surface area contributed by atoms with Crippen molar-refractivity contribution in [3.63, 3.8) is 0 Å². The molecule has 0 saturated carbocycles. The van der Waals surface area contributed by atoms with Crippen LogP contribution < -0.4 is 5.32 Å². The van der Waals surface area contributed by atoms with Crippen molar-refractivity contribution in [3.05, 3.63) is 40.1 Å². The summed E-state index contributed by atoms with van der Waals surface area (Å²) in [6.45, 7) is 3.48. The number of para-hydroxylation sites is 1. The minimum absolute atomic E-state index is 0.571. The van der Waals surface area contributed by atoms with E-state index in [1.807, 2.05) is 23.8 Å². The van der Waals surface area contributed by atoms with Crippen molar-refractivity contribution in [2.75, 3.05) is 19.0 Å². The van der Waals surface area contributed by atoms with Crippen molar-refractivity contribution in [3.8, 4) is 0 Å². The average molecular weight is 314 g/mol. The molecule has 0 aliphatic carbocycles. The quantitative estimate of drug-likeness (QED) is 0.809. The van der Waals surface area contributed by atoms with Gasteiger partial charge in [0.25, 0.3) is 0 Å². The summed E-state index contributed by atoms with van der Waals surface area (Å²) in [5.74, 6) is 0.730. The fourth-order valence-electron chi connectivity index (χ4n) is 1.93. The van der Waals surface area contributed by atoms with Gasteiger partial charge in [-0.2, -0.15) is 0 Å². The highest BCUT2D eigenvalue weighted by Gasteiger charge is 2.10. The zero-order valence-corrected chi connectivity index (χ0v) is 13.0. The number of anilines is 2. The maximum absolute atomic E-state index is 6.16. The highest BCUT2D eigenvalue weighted by atomic mass is 35.5. The number of methoxy groups -OCH3 is 1. The largest absolute Gasteiger partial charge is 0.385 e. The number of benzene rings is 1. The van der Waals surface area contributed by atoms with Gasteiger partial charge in [-0.05, 0) is 25.5 Å². The van der Waals surface area contributed by atoms with Crippen molar-refractivity contribution >= 4 is 34.8 Å². The number of nitrogens with zero attached hydrogens (tertiary/aromatic N) is 2. The first-order chi connectivity index (χ1) is 9.61. The van der Waals surface area contributed by atoms with Crippen molar-refractivity contribution < 1.29 is 4.74 Å². The Bertz CT molecular complexity index is 564. The maximum atomic E-state index is 6.16. The molecule has 2 aromatic rings. The fourth-order valence-corrected chi connectivity index (χ4v) is 2.42. The summed E-state index contributed by atoms with van der Waals surface area (Å²) in [5.41, 5.74) is 1.61. The average Bonchev–Trinajstić information content (AvgIpc) is 2.75. The first kappa shape index (κ1) is 15.2. The Morgan fingerprint density at radius 3 is 2.65 bits per heavy atom. The van der Waals surface area contributed by atoms with Crippen LogP contribution in [0.4, 0.5) is 11.6 Å². The molecule has 0 fully saturated rings. The third-order valence-electron chi connectivity index (χ3n) is 2.84. The minimum atomic E-state index is 0.571. The number of hydrogen-bond donors (Lipinski definition) is 1. The predicted octanol–water partition coefficient (Wildman–Crippen LogP) is 4.28. The molecular formula is C14H17Cl2N3O. The van der Waals surface area contributed by atoms with Gasteiger partial charge >= 0.3 is 0 Å². The van der Waals surface area contributed by atoms with Gasteiger partial charge in [0, 0.05) is 26.5 Å². The van der Waals surface area contributed by atoms with E-state index >= 15 is 0 Å². The fraction of sp³-hybridized carbons (Fsp3) is 0.357. The van der Waals surface area contributed by atoms with Gasteiger partial charge in [-0.15, -0.1) is 0 Å². The normalized spacial score (nSPS) is 10.8. The number of ether oxygens (including phenoxy) is 1. The van der Waals surface area contributed by atoms with Gasteiger partial charge in [0.1, 0.15) is 0 Å². The molecular weight excluding hydrogens is 297 g/mol. The topological polar surface area (TPSA) is 39.1 Å². The molecule has 6 heteroatoms. The minimum Gasteiger partial charge on any atom is -0.385 e. The van der Waals surface area contributed by atoms with Crippen LogP contribution in [-0.4, -0.2) is 23.3 Å². The van der Waals surface area contributed by atoms with E-state index in [0.29, 0.717) is 22.3 Å².